The molecule has 4 heteroatoms. The fourth-order valence-electron chi connectivity index (χ4n) is 2.75. The van der Waals surface area contributed by atoms with Crippen LogP contribution in [0.1, 0.15) is 42.5 Å². The summed E-state index contributed by atoms with van der Waals surface area (Å²) < 4.78 is 2.14. The van der Waals surface area contributed by atoms with E-state index in [1.807, 2.05) is 19.2 Å². The van der Waals surface area contributed by atoms with E-state index >= 15 is 0 Å². The molecule has 90 valence electrons. The first-order valence-corrected chi connectivity index (χ1v) is 6.31. The maximum atomic E-state index is 4.76. The highest BCUT2D eigenvalue weighted by molar-refractivity contribution is 5.43. The molecule has 0 aliphatic carbocycles. The molecule has 1 saturated heterocycles. The first-order chi connectivity index (χ1) is 8.27. The molecule has 2 aromatic heterocycles. The summed E-state index contributed by atoms with van der Waals surface area (Å²) in [6.45, 7) is 5.27. The monoisotopic (exact) mass is 230 g/mol. The minimum Gasteiger partial charge on any atom is -0.309 e. The number of hydrogen-bond acceptors (Lipinski definition) is 3. The van der Waals surface area contributed by atoms with Gasteiger partial charge in [0, 0.05) is 11.9 Å². The van der Waals surface area contributed by atoms with Gasteiger partial charge in [0.2, 0.25) is 0 Å². The summed E-state index contributed by atoms with van der Waals surface area (Å²) in [5.74, 6) is 1.01. The summed E-state index contributed by atoms with van der Waals surface area (Å²) in [5.41, 5.74) is 3.43. The van der Waals surface area contributed by atoms with Gasteiger partial charge in [-0.05, 0) is 39.3 Å². The summed E-state index contributed by atoms with van der Waals surface area (Å²) >= 11 is 0. The van der Waals surface area contributed by atoms with Crippen LogP contribution in [0, 0.1) is 13.8 Å². The van der Waals surface area contributed by atoms with Gasteiger partial charge in [0.1, 0.15) is 11.5 Å². The van der Waals surface area contributed by atoms with E-state index in [1.54, 1.807) is 0 Å². The molecule has 1 fully saturated rings. The third kappa shape index (κ3) is 1.72. The predicted molar refractivity (Wildman–Crippen MR) is 67.1 cm³/mol. The molecule has 1 unspecified atom stereocenters. The van der Waals surface area contributed by atoms with Crippen LogP contribution >= 0.6 is 0 Å². The van der Waals surface area contributed by atoms with Gasteiger partial charge < -0.3 is 5.32 Å². The summed E-state index contributed by atoms with van der Waals surface area (Å²) in [4.78, 5) is 9.09. The van der Waals surface area contributed by atoms with Crippen molar-refractivity contribution in [2.24, 2.45) is 0 Å². The van der Waals surface area contributed by atoms with Gasteiger partial charge in [-0.25, -0.2) is 9.97 Å². The lowest BCUT2D eigenvalue weighted by Crippen LogP contribution is -2.27. The topological polar surface area (TPSA) is 42.2 Å². The summed E-state index contributed by atoms with van der Waals surface area (Å²) in [5, 5.41) is 3.56. The molecule has 4 nitrogen and oxygen atoms in total. The lowest BCUT2D eigenvalue weighted by Gasteiger charge is -2.22. The van der Waals surface area contributed by atoms with Gasteiger partial charge in [0.25, 0.3) is 0 Å². The Morgan fingerprint density at radius 3 is 2.94 bits per heavy atom. The van der Waals surface area contributed by atoms with Crippen molar-refractivity contribution in [1.29, 1.82) is 0 Å². The molecule has 0 radical (unpaired) electrons. The highest BCUT2D eigenvalue weighted by atomic mass is 15.1. The predicted octanol–water partition coefficient (Wildman–Crippen LogP) is 2.16. The number of rotatable bonds is 1. The molecular formula is C13H18N4. The fraction of sp³-hybridized carbons (Fsp3) is 0.538. The van der Waals surface area contributed by atoms with Crippen LogP contribution in [-0.4, -0.2) is 20.9 Å². The van der Waals surface area contributed by atoms with Crippen LogP contribution in [-0.2, 0) is 0 Å². The largest absolute Gasteiger partial charge is 0.309 e. The van der Waals surface area contributed by atoms with Crippen molar-refractivity contribution in [3.63, 3.8) is 0 Å². The lowest BCUT2D eigenvalue weighted by atomic mass is 10.0. The number of hydrogen-bond donors (Lipinski definition) is 1. The summed E-state index contributed by atoms with van der Waals surface area (Å²) in [6, 6.07) is 2.40. The van der Waals surface area contributed by atoms with Gasteiger partial charge in [-0.2, -0.15) is 0 Å². The molecule has 0 spiro atoms. The van der Waals surface area contributed by atoms with E-state index < -0.39 is 0 Å². The lowest BCUT2D eigenvalue weighted by molar-refractivity contribution is 0.405. The maximum Gasteiger partial charge on any atom is 0.140 e. The molecule has 1 atom stereocenters. The molecule has 3 heterocycles. The summed E-state index contributed by atoms with van der Waals surface area (Å²) in [7, 11) is 0. The highest BCUT2D eigenvalue weighted by Crippen LogP contribution is 2.25. The molecule has 0 amide bonds. The minimum absolute atomic E-state index is 0.419. The Balaban J connectivity index is 2.10. The SMILES string of the molecule is Cc1nccc2nc(C3CCCCN3)c(C)n12. The number of aromatic nitrogens is 3. The Hall–Kier alpha value is -1.42. The van der Waals surface area contributed by atoms with Crippen molar-refractivity contribution in [2.75, 3.05) is 6.54 Å². The van der Waals surface area contributed by atoms with Crippen LogP contribution in [0.2, 0.25) is 0 Å². The van der Waals surface area contributed by atoms with E-state index in [2.05, 4.69) is 21.6 Å². The van der Waals surface area contributed by atoms with Crippen molar-refractivity contribution in [3.8, 4) is 0 Å². The number of piperidine rings is 1. The second-order valence-electron chi connectivity index (χ2n) is 4.77. The molecule has 2 aromatic rings. The number of nitrogens with one attached hydrogen (secondary N) is 1. The van der Waals surface area contributed by atoms with Crippen molar-refractivity contribution in [1.82, 2.24) is 19.7 Å². The van der Waals surface area contributed by atoms with Crippen LogP contribution in [0.25, 0.3) is 5.65 Å². The zero-order valence-electron chi connectivity index (χ0n) is 10.4. The number of nitrogens with zero attached hydrogens (tertiary/aromatic N) is 3. The molecule has 0 bridgehead atoms. The normalized spacial score (nSPS) is 20.9. The van der Waals surface area contributed by atoms with Crippen LogP contribution in [0.5, 0.6) is 0 Å². The van der Waals surface area contributed by atoms with Gasteiger partial charge in [0.15, 0.2) is 0 Å². The number of imidazole rings is 1. The Morgan fingerprint density at radius 2 is 2.24 bits per heavy atom. The fourth-order valence-corrected chi connectivity index (χ4v) is 2.75. The second kappa shape index (κ2) is 4.11. The van der Waals surface area contributed by atoms with Crippen molar-refractivity contribution >= 4 is 5.65 Å². The van der Waals surface area contributed by atoms with Crippen LogP contribution in [0.4, 0.5) is 0 Å². The first-order valence-electron chi connectivity index (χ1n) is 6.31. The average molecular weight is 230 g/mol. The van der Waals surface area contributed by atoms with E-state index in [1.165, 1.54) is 30.7 Å². The minimum atomic E-state index is 0.419. The standard InChI is InChI=1S/C13H18N4/c1-9-13(11-5-3-4-7-15-11)16-12-6-8-14-10(2)17(9)12/h6,8,11,15H,3-5,7H2,1-2H3. The van der Waals surface area contributed by atoms with Crippen LogP contribution < -0.4 is 5.32 Å². The first kappa shape index (κ1) is 10.7. The quantitative estimate of drug-likeness (QED) is 0.816. The van der Waals surface area contributed by atoms with E-state index in [0.29, 0.717) is 6.04 Å². The highest BCUT2D eigenvalue weighted by Gasteiger charge is 2.21. The van der Waals surface area contributed by atoms with Crippen LogP contribution in [0.3, 0.4) is 0 Å². The van der Waals surface area contributed by atoms with E-state index in [4.69, 9.17) is 4.98 Å². The van der Waals surface area contributed by atoms with E-state index in [-0.39, 0.29) is 0 Å². The Bertz CT molecular complexity index is 538. The van der Waals surface area contributed by atoms with Gasteiger partial charge >= 0.3 is 0 Å². The van der Waals surface area contributed by atoms with Crippen LogP contribution in [0.15, 0.2) is 12.3 Å². The average Bonchev–Trinajstić information content (AvgIpc) is 2.69. The second-order valence-corrected chi connectivity index (χ2v) is 4.77. The molecule has 0 saturated carbocycles. The molecule has 1 aliphatic heterocycles. The molecule has 17 heavy (non-hydrogen) atoms. The van der Waals surface area contributed by atoms with Gasteiger partial charge in [-0.15, -0.1) is 0 Å². The molecule has 3 rings (SSSR count). The Kier molecular flexibility index (Phi) is 2.59. The smallest absolute Gasteiger partial charge is 0.140 e. The van der Waals surface area contributed by atoms with Crippen molar-refractivity contribution < 1.29 is 0 Å². The molecular weight excluding hydrogens is 212 g/mol. The third-order valence-corrected chi connectivity index (χ3v) is 3.62. The molecule has 0 aromatic carbocycles. The maximum absolute atomic E-state index is 4.76. The van der Waals surface area contributed by atoms with E-state index in [0.717, 1.165) is 18.0 Å². The third-order valence-electron chi connectivity index (χ3n) is 3.62. The van der Waals surface area contributed by atoms with Gasteiger partial charge in [0.05, 0.1) is 11.7 Å². The molecule has 1 aliphatic rings. The Morgan fingerprint density at radius 1 is 1.35 bits per heavy atom. The van der Waals surface area contributed by atoms with E-state index in [9.17, 15) is 0 Å². The van der Waals surface area contributed by atoms with Crippen molar-refractivity contribution in [2.45, 2.75) is 39.2 Å². The Labute approximate surface area is 101 Å². The molecule has 1 N–H and O–H groups in total. The number of aryl methyl sites for hydroxylation is 2. The zero-order chi connectivity index (χ0) is 11.8. The zero-order valence-corrected chi connectivity index (χ0v) is 10.4. The summed E-state index contributed by atoms with van der Waals surface area (Å²) in [6.07, 6.45) is 5.60. The van der Waals surface area contributed by atoms with Gasteiger partial charge in [-0.1, -0.05) is 6.42 Å². The number of fused-ring (bicyclic) bond motifs is 1. The van der Waals surface area contributed by atoms with Gasteiger partial charge in [-0.3, -0.25) is 4.40 Å². The van der Waals surface area contributed by atoms with Crippen molar-refractivity contribution in [3.05, 3.63) is 29.5 Å².